The van der Waals surface area contributed by atoms with Gasteiger partial charge in [-0.15, -0.1) is 0 Å². The van der Waals surface area contributed by atoms with Gasteiger partial charge in [-0.1, -0.05) is 6.08 Å². The van der Waals surface area contributed by atoms with Crippen molar-refractivity contribution >= 4 is 34.3 Å². The molecule has 0 radical (unpaired) electrons. The number of carbonyl (C=O) groups excluding carboxylic acids is 2. The van der Waals surface area contributed by atoms with Crippen molar-refractivity contribution in [2.75, 3.05) is 31.6 Å². The van der Waals surface area contributed by atoms with Crippen molar-refractivity contribution in [1.29, 1.82) is 0 Å². The van der Waals surface area contributed by atoms with Crippen molar-refractivity contribution in [3.05, 3.63) is 97.1 Å². The van der Waals surface area contributed by atoms with E-state index in [2.05, 4.69) is 49.3 Å². The highest BCUT2D eigenvalue weighted by Crippen LogP contribution is 2.53. The molecule has 1 amide bonds. The lowest BCUT2D eigenvalue weighted by atomic mass is 9.78. The topological polar surface area (TPSA) is 62.1 Å². The molecule has 0 saturated heterocycles. The number of anilines is 1. The molecule has 0 N–H and O–H groups in total. The Hall–Kier alpha value is -4.93. The van der Waals surface area contributed by atoms with Crippen LogP contribution in [0.25, 0.3) is 16.7 Å². The van der Waals surface area contributed by atoms with Gasteiger partial charge in [0.15, 0.2) is 28.8 Å². The number of esters is 1. The van der Waals surface area contributed by atoms with Gasteiger partial charge < -0.3 is 19.3 Å². The first-order chi connectivity index (χ1) is 26.6. The number of amides is 1. The molecule has 3 aromatic rings. The van der Waals surface area contributed by atoms with E-state index in [-0.39, 0.29) is 29.6 Å². The Morgan fingerprint density at radius 2 is 1.54 bits per heavy atom. The fraction of sp³-hybridized carbons (Fsp3) is 0.457. The Bertz CT molecular complexity index is 2540. The van der Waals surface area contributed by atoms with Crippen molar-refractivity contribution in [3.63, 3.8) is 0 Å². The number of hydrogen-bond acceptors (Lipinski definition) is 5. The molecule has 0 spiro atoms. The van der Waals surface area contributed by atoms with Crippen molar-refractivity contribution in [1.82, 2.24) is 9.48 Å². The summed E-state index contributed by atoms with van der Waals surface area (Å²) < 4.78 is 79.6. The van der Waals surface area contributed by atoms with Crippen LogP contribution in [0.3, 0.4) is 0 Å². The second-order valence-electron chi connectivity index (χ2n) is 18.3. The van der Waals surface area contributed by atoms with Gasteiger partial charge in [0, 0.05) is 79.0 Å². The molecule has 57 heavy (non-hydrogen) atoms. The molecule has 7 nitrogen and oxygen atoms in total. The molecule has 0 bridgehead atoms. The van der Waals surface area contributed by atoms with Crippen LogP contribution < -0.4 is 24.8 Å². The van der Waals surface area contributed by atoms with Gasteiger partial charge in [0.2, 0.25) is 5.36 Å². The van der Waals surface area contributed by atoms with Crippen LogP contribution in [-0.2, 0) is 22.4 Å². The largest absolute Gasteiger partial charge is 0.460 e. The van der Waals surface area contributed by atoms with Crippen LogP contribution in [-0.4, -0.2) is 60.1 Å². The number of carbonyl (C=O) groups is 2. The van der Waals surface area contributed by atoms with Gasteiger partial charge in [-0.05, 0) is 97.1 Å². The van der Waals surface area contributed by atoms with Crippen molar-refractivity contribution in [2.24, 2.45) is 0 Å². The van der Waals surface area contributed by atoms with Crippen LogP contribution in [0.15, 0.2) is 24.3 Å². The van der Waals surface area contributed by atoms with Crippen LogP contribution in [0.2, 0.25) is 0 Å². The molecular weight excluding hydrogens is 735 g/mol. The van der Waals surface area contributed by atoms with E-state index in [0.717, 1.165) is 75.3 Å². The van der Waals surface area contributed by atoms with Crippen LogP contribution in [0.4, 0.5) is 23.2 Å². The summed E-state index contributed by atoms with van der Waals surface area (Å²) in [6.07, 6.45) is 6.94. The molecule has 0 saturated carbocycles. The summed E-state index contributed by atoms with van der Waals surface area (Å²) in [5.41, 5.74) is 3.75. The van der Waals surface area contributed by atoms with Gasteiger partial charge in [-0.25, -0.2) is 22.1 Å². The molecule has 0 aliphatic carbocycles. The maximum Gasteiger partial charge on any atom is 0.308 e. The summed E-state index contributed by atoms with van der Waals surface area (Å²) >= 11 is 0. The summed E-state index contributed by atoms with van der Waals surface area (Å²) in [5.74, 6) is -8.48. The van der Waals surface area contributed by atoms with Crippen LogP contribution in [0.1, 0.15) is 125 Å². The third-order valence-corrected chi connectivity index (χ3v) is 12.1. The van der Waals surface area contributed by atoms with Crippen LogP contribution in [0, 0.1) is 23.3 Å². The normalized spacial score (nSPS) is 18.4. The van der Waals surface area contributed by atoms with Crippen LogP contribution in [0.5, 0.6) is 11.5 Å². The Kier molecular flexibility index (Phi) is 8.91. The maximum absolute atomic E-state index is 17.0. The quantitative estimate of drug-likeness (QED) is 0.0676. The average Bonchev–Trinajstić information content (AvgIpc) is 3.13. The SMILES string of the molecule is CC1=CC(C)(C)N2CCCc3c4c(cc1c32)C(c1c(F)c(F)c(F)c(F)c1C(=O)N(C)CCC(=O)OC(C)(C)C)=c1cc2c3c(c1O4)CCC[N+]=3C(C)(C)C=C2C. The number of benzene rings is 3. The zero-order chi connectivity index (χ0) is 41.3. The number of fused-ring (bicyclic) bond motifs is 4. The fourth-order valence-electron chi connectivity index (χ4n) is 9.81. The molecule has 8 rings (SSSR count). The maximum atomic E-state index is 17.0. The molecular formula is C46H50F4N3O4+. The van der Waals surface area contributed by atoms with E-state index in [4.69, 9.17) is 9.47 Å². The number of hydrogen-bond donors (Lipinski definition) is 0. The van der Waals surface area contributed by atoms with Gasteiger partial charge in [0.1, 0.15) is 23.6 Å². The Morgan fingerprint density at radius 1 is 0.877 bits per heavy atom. The molecule has 11 heteroatoms. The zero-order valence-electron chi connectivity index (χ0n) is 34.5. The second-order valence-corrected chi connectivity index (χ2v) is 18.3. The van der Waals surface area contributed by atoms with Gasteiger partial charge in [-0.3, -0.25) is 9.59 Å². The van der Waals surface area contributed by atoms with Gasteiger partial charge >= 0.3 is 5.97 Å². The van der Waals surface area contributed by atoms with E-state index < -0.39 is 51.9 Å². The van der Waals surface area contributed by atoms with Crippen molar-refractivity contribution in [3.8, 4) is 11.5 Å². The predicted octanol–water partition coefficient (Wildman–Crippen LogP) is 7.98. The van der Waals surface area contributed by atoms with Crippen LogP contribution >= 0.6 is 0 Å². The Labute approximate surface area is 331 Å². The minimum absolute atomic E-state index is 0.0491. The molecule has 5 aliphatic rings. The Morgan fingerprint density at radius 3 is 2.25 bits per heavy atom. The summed E-state index contributed by atoms with van der Waals surface area (Å²) in [6, 6.07) is 3.74. The number of rotatable bonds is 5. The van der Waals surface area contributed by atoms with Gasteiger partial charge in [0.25, 0.3) is 5.91 Å². The molecule has 5 aliphatic heterocycles. The lowest BCUT2D eigenvalue weighted by Gasteiger charge is -2.47. The predicted molar refractivity (Wildman–Crippen MR) is 213 cm³/mol. The second kappa shape index (κ2) is 13.0. The average molecular weight is 785 g/mol. The first kappa shape index (κ1) is 38.9. The third-order valence-electron chi connectivity index (χ3n) is 12.1. The zero-order valence-corrected chi connectivity index (χ0v) is 34.5. The minimum atomic E-state index is -2.09. The van der Waals surface area contributed by atoms with Gasteiger partial charge in [-0.2, -0.15) is 0 Å². The highest BCUT2D eigenvalue weighted by atomic mass is 19.2. The van der Waals surface area contributed by atoms with E-state index in [1.54, 1.807) is 20.8 Å². The fourth-order valence-corrected chi connectivity index (χ4v) is 9.81. The van der Waals surface area contributed by atoms with E-state index in [0.29, 0.717) is 35.1 Å². The van der Waals surface area contributed by atoms with Crippen molar-refractivity contribution < 1.29 is 36.6 Å². The summed E-state index contributed by atoms with van der Waals surface area (Å²) in [7, 11) is 1.31. The molecule has 0 unspecified atom stereocenters. The minimum Gasteiger partial charge on any atom is -0.460 e. The number of nitrogens with zero attached hydrogens (tertiary/aromatic N) is 3. The monoisotopic (exact) mass is 784 g/mol. The van der Waals surface area contributed by atoms with E-state index in [1.807, 2.05) is 26.0 Å². The van der Waals surface area contributed by atoms with Gasteiger partial charge in [0.05, 0.1) is 28.8 Å². The number of allylic oxidation sites excluding steroid dienone is 2. The first-order valence-corrected chi connectivity index (χ1v) is 19.9. The lowest BCUT2D eigenvalue weighted by Crippen LogP contribution is -2.53. The summed E-state index contributed by atoms with van der Waals surface area (Å²) in [4.78, 5) is 30.4. The molecule has 0 aromatic heterocycles. The van der Waals surface area contributed by atoms with E-state index in [1.165, 1.54) is 7.05 Å². The molecule has 0 atom stereocenters. The van der Waals surface area contributed by atoms with Crippen molar-refractivity contribution in [2.45, 2.75) is 111 Å². The number of halogens is 4. The smallest absolute Gasteiger partial charge is 0.308 e. The molecule has 300 valence electrons. The van der Waals surface area contributed by atoms with E-state index in [9.17, 15) is 9.59 Å². The molecule has 0 fully saturated rings. The highest BCUT2D eigenvalue weighted by molar-refractivity contribution is 6.04. The van der Waals surface area contributed by atoms with E-state index >= 15 is 17.6 Å². The molecule has 5 heterocycles. The highest BCUT2D eigenvalue weighted by Gasteiger charge is 2.44. The lowest BCUT2D eigenvalue weighted by molar-refractivity contribution is -0.154. The summed E-state index contributed by atoms with van der Waals surface area (Å²) in [6.45, 7) is 19.1. The standard InChI is InChI=1S/C46H50F4N3O4/c1-23-21-45(6,7)52-16-11-13-25-39(52)27(23)19-29-32(30-20-28-24(2)22-46(8,9)53-17-12-14-26(40(28)53)42(30)56-41(25)29)33-34(36(48)38(50)37(49)35(33)47)43(55)51(10)18-15-31(54)57-44(3,4)5/h19-22H,11-18H2,1-10H3/q+1. The third kappa shape index (κ3) is 6.01. The molecule has 3 aromatic carbocycles. The number of ether oxygens (including phenoxy) is 2. The first-order valence-electron chi connectivity index (χ1n) is 19.9. The summed E-state index contributed by atoms with van der Waals surface area (Å²) in [5, 5.41) is 1.36. The Balaban J connectivity index is 1.48.